The molecule has 54 valence electrons. The first kappa shape index (κ1) is 7.13. The zero-order valence-corrected chi connectivity index (χ0v) is 6.81. The van der Waals surface area contributed by atoms with Crippen LogP contribution in [0.1, 0.15) is 18.3 Å². The van der Waals surface area contributed by atoms with Crippen molar-refractivity contribution in [2.45, 2.75) is 20.8 Å². The number of aryl methyl sites for hydroxylation is 2. The van der Waals surface area contributed by atoms with Crippen molar-refractivity contribution in [2.24, 2.45) is 0 Å². The quantitative estimate of drug-likeness (QED) is 0.557. The molecule has 0 aliphatic heterocycles. The molecule has 0 spiro atoms. The van der Waals surface area contributed by atoms with E-state index in [1.807, 2.05) is 6.92 Å². The van der Waals surface area contributed by atoms with Crippen molar-refractivity contribution in [2.75, 3.05) is 0 Å². The van der Waals surface area contributed by atoms with Crippen molar-refractivity contribution in [3.8, 4) is 0 Å². The molecule has 0 unspecified atom stereocenters. The molecule has 1 heterocycles. The van der Waals surface area contributed by atoms with Crippen LogP contribution in [0.4, 0.5) is 0 Å². The van der Waals surface area contributed by atoms with Gasteiger partial charge in [0.15, 0.2) is 0 Å². The molecule has 1 heteroatoms. The lowest BCUT2D eigenvalue weighted by molar-refractivity contribution is 0.985. The Labute approximate surface area is 62.0 Å². The van der Waals surface area contributed by atoms with Crippen LogP contribution in [-0.4, -0.2) is 4.57 Å². The largest absolute Gasteiger partial charge is 0.323 e. The van der Waals surface area contributed by atoms with Gasteiger partial charge in [-0.05, 0) is 32.9 Å². The lowest BCUT2D eigenvalue weighted by Crippen LogP contribution is -1.96. The maximum absolute atomic E-state index is 3.88. The molecule has 0 saturated carbocycles. The molecule has 1 rings (SSSR count). The summed E-state index contributed by atoms with van der Waals surface area (Å²) >= 11 is 0. The molecule has 0 saturated heterocycles. The third kappa shape index (κ3) is 0.991. The van der Waals surface area contributed by atoms with Crippen molar-refractivity contribution in [1.29, 1.82) is 0 Å². The first-order valence-electron chi connectivity index (χ1n) is 3.44. The number of aromatic nitrogens is 1. The Hall–Kier alpha value is -0.980. The molecule has 0 N–H and O–H groups in total. The van der Waals surface area contributed by atoms with Crippen molar-refractivity contribution in [3.63, 3.8) is 0 Å². The van der Waals surface area contributed by atoms with Gasteiger partial charge in [0, 0.05) is 17.1 Å². The van der Waals surface area contributed by atoms with E-state index in [1.54, 1.807) is 0 Å². The topological polar surface area (TPSA) is 4.93 Å². The second kappa shape index (κ2) is 2.33. The Kier molecular flexibility index (Phi) is 1.66. The molecule has 0 aliphatic carbocycles. The Bertz CT molecular complexity index is 236. The van der Waals surface area contributed by atoms with Crippen molar-refractivity contribution >= 4 is 5.70 Å². The molecular weight excluding hydrogens is 122 g/mol. The van der Waals surface area contributed by atoms with Crippen LogP contribution >= 0.6 is 0 Å². The first-order valence-corrected chi connectivity index (χ1v) is 3.44. The van der Waals surface area contributed by atoms with Crippen LogP contribution in [0.5, 0.6) is 0 Å². The van der Waals surface area contributed by atoms with Gasteiger partial charge < -0.3 is 4.57 Å². The van der Waals surface area contributed by atoms with Gasteiger partial charge in [0.1, 0.15) is 0 Å². The summed E-state index contributed by atoms with van der Waals surface area (Å²) in [5.41, 5.74) is 3.59. The second-order valence-corrected chi connectivity index (χ2v) is 2.69. The zero-order valence-electron chi connectivity index (χ0n) is 6.81. The molecular formula is C9H13N. The molecule has 0 atom stereocenters. The fourth-order valence-corrected chi connectivity index (χ4v) is 1.27. The van der Waals surface area contributed by atoms with Gasteiger partial charge >= 0.3 is 0 Å². The van der Waals surface area contributed by atoms with Gasteiger partial charge in [0.25, 0.3) is 0 Å². The molecule has 0 aromatic carbocycles. The average molecular weight is 135 g/mol. The van der Waals surface area contributed by atoms with Crippen molar-refractivity contribution in [1.82, 2.24) is 4.57 Å². The normalized spacial score (nSPS) is 9.90. The van der Waals surface area contributed by atoms with Gasteiger partial charge in [-0.1, -0.05) is 6.58 Å². The molecule has 0 bridgehead atoms. The molecule has 0 fully saturated rings. The maximum atomic E-state index is 3.88. The molecule has 1 aromatic heterocycles. The lowest BCUT2D eigenvalue weighted by Gasteiger charge is -2.06. The average Bonchev–Trinajstić information content (AvgIpc) is 2.11. The highest BCUT2D eigenvalue weighted by molar-refractivity contribution is 5.43. The van der Waals surface area contributed by atoms with Crippen molar-refractivity contribution < 1.29 is 0 Å². The Morgan fingerprint density at radius 3 is 1.90 bits per heavy atom. The fourth-order valence-electron chi connectivity index (χ4n) is 1.27. The van der Waals surface area contributed by atoms with E-state index in [2.05, 4.69) is 37.1 Å². The number of allylic oxidation sites excluding steroid dienone is 1. The van der Waals surface area contributed by atoms with Crippen LogP contribution in [0.15, 0.2) is 18.7 Å². The Morgan fingerprint density at radius 1 is 1.30 bits per heavy atom. The predicted octanol–water partition coefficient (Wildman–Crippen LogP) is 2.60. The fraction of sp³-hybridized carbons (Fsp3) is 0.333. The molecule has 1 aromatic rings. The summed E-state index contributed by atoms with van der Waals surface area (Å²) in [7, 11) is 0. The second-order valence-electron chi connectivity index (χ2n) is 2.69. The highest BCUT2D eigenvalue weighted by Gasteiger charge is 1.98. The lowest BCUT2D eigenvalue weighted by atomic mass is 10.4. The van der Waals surface area contributed by atoms with E-state index in [9.17, 15) is 0 Å². The number of nitrogens with zero attached hydrogens (tertiary/aromatic N) is 1. The summed E-state index contributed by atoms with van der Waals surface area (Å²) in [6, 6.07) is 4.20. The number of hydrogen-bond acceptors (Lipinski definition) is 0. The Balaban J connectivity index is 3.23. The van der Waals surface area contributed by atoms with Gasteiger partial charge in [0.05, 0.1) is 0 Å². The predicted molar refractivity (Wildman–Crippen MR) is 44.9 cm³/mol. The van der Waals surface area contributed by atoms with Gasteiger partial charge in [0.2, 0.25) is 0 Å². The van der Waals surface area contributed by atoms with E-state index in [1.165, 1.54) is 11.4 Å². The maximum Gasteiger partial charge on any atom is 0.0195 e. The first-order chi connectivity index (χ1) is 4.63. The number of hydrogen-bond donors (Lipinski definition) is 0. The molecule has 1 nitrogen and oxygen atoms in total. The minimum absolute atomic E-state index is 1.08. The summed E-state index contributed by atoms with van der Waals surface area (Å²) in [5, 5.41) is 0. The van der Waals surface area contributed by atoms with E-state index >= 15 is 0 Å². The van der Waals surface area contributed by atoms with E-state index in [0.717, 1.165) is 5.70 Å². The third-order valence-electron chi connectivity index (χ3n) is 1.65. The van der Waals surface area contributed by atoms with Crippen LogP contribution in [-0.2, 0) is 0 Å². The number of rotatable bonds is 1. The summed E-state index contributed by atoms with van der Waals surface area (Å²) < 4.78 is 2.14. The Morgan fingerprint density at radius 2 is 1.70 bits per heavy atom. The molecule has 0 radical (unpaired) electrons. The summed E-state index contributed by atoms with van der Waals surface area (Å²) in [5.74, 6) is 0. The summed E-state index contributed by atoms with van der Waals surface area (Å²) in [6.07, 6.45) is 0. The monoisotopic (exact) mass is 135 g/mol. The van der Waals surface area contributed by atoms with Crippen LogP contribution in [0.3, 0.4) is 0 Å². The van der Waals surface area contributed by atoms with Crippen molar-refractivity contribution in [3.05, 3.63) is 30.1 Å². The van der Waals surface area contributed by atoms with Crippen LogP contribution in [0.2, 0.25) is 0 Å². The molecule has 10 heavy (non-hydrogen) atoms. The SMILES string of the molecule is C=C(C)n1c(C)ccc1C. The van der Waals surface area contributed by atoms with E-state index in [-0.39, 0.29) is 0 Å². The van der Waals surface area contributed by atoms with Gasteiger partial charge in [-0.2, -0.15) is 0 Å². The van der Waals surface area contributed by atoms with Crippen LogP contribution < -0.4 is 0 Å². The van der Waals surface area contributed by atoms with Gasteiger partial charge in [-0.25, -0.2) is 0 Å². The van der Waals surface area contributed by atoms with E-state index in [4.69, 9.17) is 0 Å². The molecule has 0 amide bonds. The van der Waals surface area contributed by atoms with Crippen LogP contribution in [0, 0.1) is 13.8 Å². The van der Waals surface area contributed by atoms with Crippen LogP contribution in [0.25, 0.3) is 5.70 Å². The highest BCUT2D eigenvalue weighted by atomic mass is 15.0. The highest BCUT2D eigenvalue weighted by Crippen LogP contribution is 2.11. The van der Waals surface area contributed by atoms with E-state index in [0.29, 0.717) is 0 Å². The third-order valence-corrected chi connectivity index (χ3v) is 1.65. The minimum Gasteiger partial charge on any atom is -0.323 e. The van der Waals surface area contributed by atoms with Gasteiger partial charge in [-0.15, -0.1) is 0 Å². The summed E-state index contributed by atoms with van der Waals surface area (Å²) in [4.78, 5) is 0. The molecule has 0 aliphatic rings. The van der Waals surface area contributed by atoms with Gasteiger partial charge in [-0.3, -0.25) is 0 Å². The smallest absolute Gasteiger partial charge is 0.0195 e. The van der Waals surface area contributed by atoms with E-state index < -0.39 is 0 Å². The standard InChI is InChI=1S/C9H13N/c1-7(2)10-8(3)5-6-9(10)4/h5-6H,1H2,2-4H3. The minimum atomic E-state index is 1.08. The summed E-state index contributed by atoms with van der Waals surface area (Å²) in [6.45, 7) is 10.1. The zero-order chi connectivity index (χ0) is 7.72.